The highest BCUT2D eigenvalue weighted by Crippen LogP contribution is 2.43. The van der Waals surface area contributed by atoms with Crippen LogP contribution in [0.25, 0.3) is 0 Å². The number of rotatable bonds is 2. The number of hydrogen-bond acceptors (Lipinski definition) is 0. The summed E-state index contributed by atoms with van der Waals surface area (Å²) in [5, 5.41) is 5.26. The maximum Gasteiger partial charge on any atom is 0.112 e. The van der Waals surface area contributed by atoms with Crippen molar-refractivity contribution < 1.29 is 0 Å². The molecular formula is C20H34Si2. The van der Waals surface area contributed by atoms with Crippen LogP contribution in [0.3, 0.4) is 0 Å². The van der Waals surface area contributed by atoms with Crippen LogP contribution in [-0.2, 0) is 0 Å². The van der Waals surface area contributed by atoms with Gasteiger partial charge in [-0.25, -0.2) is 0 Å². The van der Waals surface area contributed by atoms with Gasteiger partial charge in [-0.05, 0) is 16.5 Å². The molecule has 0 saturated carbocycles. The summed E-state index contributed by atoms with van der Waals surface area (Å²) in [6.07, 6.45) is 0. The minimum atomic E-state index is -1.64. The van der Waals surface area contributed by atoms with E-state index in [2.05, 4.69) is 91.5 Å². The van der Waals surface area contributed by atoms with Gasteiger partial charge in [0.25, 0.3) is 0 Å². The second-order valence-corrected chi connectivity index (χ2v) is 18.3. The van der Waals surface area contributed by atoms with Gasteiger partial charge in [-0.1, -0.05) is 107 Å². The van der Waals surface area contributed by atoms with E-state index in [0.29, 0.717) is 0 Å². The predicted octanol–water partition coefficient (Wildman–Crippen LogP) is 5.14. The lowest BCUT2D eigenvalue weighted by Crippen LogP contribution is -2.68. The van der Waals surface area contributed by atoms with Gasteiger partial charge in [0, 0.05) is 0 Å². The summed E-state index contributed by atoms with van der Waals surface area (Å²) in [4.78, 5) is 0. The monoisotopic (exact) mass is 330 g/mol. The summed E-state index contributed by atoms with van der Waals surface area (Å²) in [6, 6.07) is 9.45. The van der Waals surface area contributed by atoms with Crippen molar-refractivity contribution in [1.82, 2.24) is 0 Å². The van der Waals surface area contributed by atoms with Gasteiger partial charge in [-0.2, -0.15) is 0 Å². The molecule has 0 aromatic heterocycles. The fourth-order valence-electron chi connectivity index (χ4n) is 4.17. The number of benzene rings is 1. The Bertz CT molecular complexity index is 592. The first kappa shape index (κ1) is 17.7. The van der Waals surface area contributed by atoms with E-state index in [1.165, 1.54) is 0 Å². The molecule has 0 nitrogen and oxygen atoms in total. The Labute approximate surface area is 140 Å². The molecule has 0 amide bonds. The standard InChI is InChI=1S/C20H34Si2/c1-15(2)21(8)14-19(20(5,6)7)22(9,16(3)4)18-13-11-10-12-17(18)21/h10-16H,1-9H3/t21-,22+/m0/s1. The van der Waals surface area contributed by atoms with Crippen molar-refractivity contribution in [3.8, 4) is 0 Å². The highest BCUT2D eigenvalue weighted by atomic mass is 28.3. The van der Waals surface area contributed by atoms with E-state index in [1.807, 2.05) is 0 Å². The third-order valence-corrected chi connectivity index (χ3v) is 17.5. The second kappa shape index (κ2) is 5.49. The van der Waals surface area contributed by atoms with Gasteiger partial charge in [-0.15, -0.1) is 0 Å². The first-order valence-corrected chi connectivity index (χ1v) is 14.0. The fraction of sp³-hybridized carbons (Fsp3) is 0.600. The molecule has 0 unspecified atom stereocenters. The van der Waals surface area contributed by atoms with Crippen LogP contribution in [0.4, 0.5) is 0 Å². The van der Waals surface area contributed by atoms with E-state index >= 15 is 0 Å². The molecule has 22 heavy (non-hydrogen) atoms. The highest BCUT2D eigenvalue weighted by molar-refractivity contribution is 7.10. The van der Waals surface area contributed by atoms with Crippen LogP contribution in [0, 0.1) is 5.41 Å². The molecule has 0 N–H and O–H groups in total. The molecule has 0 bridgehead atoms. The van der Waals surface area contributed by atoms with Crippen molar-refractivity contribution in [2.45, 2.75) is 72.6 Å². The molecule has 0 radical (unpaired) electrons. The van der Waals surface area contributed by atoms with Gasteiger partial charge < -0.3 is 0 Å². The lowest BCUT2D eigenvalue weighted by Gasteiger charge is -2.50. The maximum absolute atomic E-state index is 2.81. The first-order valence-electron chi connectivity index (χ1n) is 8.79. The molecule has 0 fully saturated rings. The topological polar surface area (TPSA) is 0 Å². The third kappa shape index (κ3) is 2.48. The second-order valence-electron chi connectivity index (χ2n) is 9.15. The van der Waals surface area contributed by atoms with Crippen molar-refractivity contribution in [3.05, 3.63) is 35.2 Å². The molecule has 122 valence electrons. The minimum absolute atomic E-state index is 0.280. The Morgan fingerprint density at radius 3 is 1.73 bits per heavy atom. The molecule has 0 saturated heterocycles. The number of hydrogen-bond donors (Lipinski definition) is 0. The van der Waals surface area contributed by atoms with Crippen molar-refractivity contribution in [2.24, 2.45) is 5.41 Å². The summed E-state index contributed by atoms with van der Waals surface area (Å²) >= 11 is 0. The van der Waals surface area contributed by atoms with Crippen LogP contribution in [0.2, 0.25) is 24.2 Å². The Hall–Kier alpha value is -0.606. The lowest BCUT2D eigenvalue weighted by atomic mass is 9.97. The zero-order valence-electron chi connectivity index (χ0n) is 16.0. The molecule has 0 aliphatic carbocycles. The van der Waals surface area contributed by atoms with Crippen LogP contribution in [-0.4, -0.2) is 16.1 Å². The number of fused-ring (bicyclic) bond motifs is 1. The van der Waals surface area contributed by atoms with E-state index in [4.69, 9.17) is 0 Å². The Morgan fingerprint density at radius 2 is 1.32 bits per heavy atom. The fourth-order valence-corrected chi connectivity index (χ4v) is 15.3. The van der Waals surface area contributed by atoms with E-state index < -0.39 is 16.1 Å². The van der Waals surface area contributed by atoms with Crippen molar-refractivity contribution in [2.75, 3.05) is 0 Å². The summed E-state index contributed by atoms with van der Waals surface area (Å²) < 4.78 is 0. The van der Waals surface area contributed by atoms with E-state index in [1.54, 1.807) is 15.6 Å². The summed E-state index contributed by atoms with van der Waals surface area (Å²) in [7, 11) is -3.21. The van der Waals surface area contributed by atoms with Crippen molar-refractivity contribution in [3.63, 3.8) is 0 Å². The van der Waals surface area contributed by atoms with Gasteiger partial charge in [0.2, 0.25) is 0 Å². The number of allylic oxidation sites excluding steroid dienone is 1. The van der Waals surface area contributed by atoms with Crippen molar-refractivity contribution >= 4 is 26.5 Å². The Balaban J connectivity index is 2.87. The average molecular weight is 331 g/mol. The molecular weight excluding hydrogens is 296 g/mol. The van der Waals surface area contributed by atoms with E-state index in [9.17, 15) is 0 Å². The van der Waals surface area contributed by atoms with Gasteiger partial charge >= 0.3 is 0 Å². The van der Waals surface area contributed by atoms with Crippen LogP contribution in [0.5, 0.6) is 0 Å². The van der Waals surface area contributed by atoms with E-state index in [0.717, 1.165) is 11.1 Å². The van der Waals surface area contributed by atoms with Gasteiger partial charge in [0.05, 0.1) is 0 Å². The molecule has 1 heterocycles. The summed E-state index contributed by atoms with van der Waals surface area (Å²) in [5.74, 6) is 0. The average Bonchev–Trinajstić information content (AvgIpc) is 2.41. The van der Waals surface area contributed by atoms with Crippen LogP contribution in [0.15, 0.2) is 35.2 Å². The smallest absolute Gasteiger partial charge is 0.0936 e. The largest absolute Gasteiger partial charge is 0.112 e. The zero-order chi connectivity index (χ0) is 16.9. The molecule has 1 aromatic rings. The van der Waals surface area contributed by atoms with E-state index in [-0.39, 0.29) is 5.41 Å². The van der Waals surface area contributed by atoms with Gasteiger partial charge in [-0.3, -0.25) is 0 Å². The highest BCUT2D eigenvalue weighted by Gasteiger charge is 2.50. The third-order valence-electron chi connectivity index (χ3n) is 6.23. The van der Waals surface area contributed by atoms with Gasteiger partial charge in [0.1, 0.15) is 16.1 Å². The SMILES string of the molecule is CC(C)[Si@@]1(C)C(C(C)(C)C)=C[Si@@](C)(C(C)C)c2ccccc21. The van der Waals surface area contributed by atoms with Gasteiger partial charge in [0.15, 0.2) is 0 Å². The summed E-state index contributed by atoms with van der Waals surface area (Å²) in [6.45, 7) is 22.2. The molecule has 1 aromatic carbocycles. The minimum Gasteiger partial charge on any atom is -0.0936 e. The lowest BCUT2D eigenvalue weighted by molar-refractivity contribution is 0.524. The Kier molecular flexibility index (Phi) is 4.42. The first-order chi connectivity index (χ1) is 9.95. The summed E-state index contributed by atoms with van der Waals surface area (Å²) in [5.41, 5.74) is 4.58. The molecule has 1 aliphatic heterocycles. The molecule has 2 atom stereocenters. The molecule has 1 aliphatic rings. The van der Waals surface area contributed by atoms with Crippen LogP contribution < -0.4 is 10.4 Å². The maximum atomic E-state index is 2.81. The van der Waals surface area contributed by atoms with Crippen LogP contribution in [0.1, 0.15) is 48.5 Å². The molecule has 0 spiro atoms. The Morgan fingerprint density at radius 1 is 0.818 bits per heavy atom. The molecule has 2 heteroatoms. The van der Waals surface area contributed by atoms with Crippen molar-refractivity contribution in [1.29, 1.82) is 0 Å². The predicted molar refractivity (Wildman–Crippen MR) is 107 cm³/mol. The zero-order valence-corrected chi connectivity index (χ0v) is 18.0. The normalized spacial score (nSPS) is 28.8. The quantitative estimate of drug-likeness (QED) is 0.658. The molecule has 2 rings (SSSR count). The van der Waals surface area contributed by atoms with Crippen LogP contribution >= 0.6 is 0 Å².